The van der Waals surface area contributed by atoms with Gasteiger partial charge in [-0.05, 0) is 6.42 Å². The standard InChI is InChI=1S/C10H12F2O2/c1-8-6-9(13-4-5-14-9)3-2-7(8)10(8,11)12/h4-5,7H,2-3,6H2,1H3. The molecule has 14 heavy (non-hydrogen) atoms. The number of rotatable bonds is 0. The zero-order chi connectivity index (χ0) is 10.0. The molecule has 3 rings (SSSR count). The normalized spacial score (nSPS) is 45.5. The first-order valence-electron chi connectivity index (χ1n) is 4.89. The summed E-state index contributed by atoms with van der Waals surface area (Å²) in [5, 5.41) is 0. The summed E-state index contributed by atoms with van der Waals surface area (Å²) in [5.74, 6) is -3.77. The lowest BCUT2D eigenvalue weighted by Crippen LogP contribution is -2.36. The molecule has 0 radical (unpaired) electrons. The van der Waals surface area contributed by atoms with Crippen LogP contribution in [0.15, 0.2) is 12.5 Å². The van der Waals surface area contributed by atoms with Gasteiger partial charge < -0.3 is 9.47 Å². The monoisotopic (exact) mass is 202 g/mol. The molecule has 0 bridgehead atoms. The van der Waals surface area contributed by atoms with E-state index in [-0.39, 0.29) is 0 Å². The highest BCUT2D eigenvalue weighted by molar-refractivity contribution is 5.20. The third kappa shape index (κ3) is 0.758. The van der Waals surface area contributed by atoms with Crippen molar-refractivity contribution in [1.29, 1.82) is 0 Å². The van der Waals surface area contributed by atoms with Crippen molar-refractivity contribution < 1.29 is 18.3 Å². The molecule has 1 heterocycles. The van der Waals surface area contributed by atoms with Crippen molar-refractivity contribution in [2.45, 2.75) is 37.9 Å². The minimum atomic E-state index is -2.52. The second-order valence-corrected chi connectivity index (χ2v) is 4.73. The van der Waals surface area contributed by atoms with Gasteiger partial charge in [0, 0.05) is 24.2 Å². The molecule has 0 aromatic carbocycles. The van der Waals surface area contributed by atoms with E-state index < -0.39 is 23.0 Å². The lowest BCUT2D eigenvalue weighted by Gasteiger charge is -2.33. The minimum Gasteiger partial charge on any atom is -0.457 e. The predicted octanol–water partition coefficient (Wildman–Crippen LogP) is 2.66. The molecular weight excluding hydrogens is 190 g/mol. The van der Waals surface area contributed by atoms with Gasteiger partial charge in [0.05, 0.1) is 0 Å². The summed E-state index contributed by atoms with van der Waals surface area (Å²) in [6, 6.07) is 0. The zero-order valence-corrected chi connectivity index (χ0v) is 7.93. The largest absolute Gasteiger partial charge is 0.457 e. The Morgan fingerprint density at radius 3 is 2.50 bits per heavy atom. The zero-order valence-electron chi connectivity index (χ0n) is 7.93. The Morgan fingerprint density at radius 2 is 1.93 bits per heavy atom. The highest BCUT2D eigenvalue weighted by Gasteiger charge is 2.81. The first kappa shape index (κ1) is 8.50. The molecule has 0 saturated heterocycles. The van der Waals surface area contributed by atoms with Crippen LogP contribution in [-0.4, -0.2) is 11.7 Å². The molecule has 0 aromatic heterocycles. The fourth-order valence-electron chi connectivity index (χ4n) is 2.96. The van der Waals surface area contributed by atoms with Gasteiger partial charge in [-0.1, -0.05) is 6.92 Å². The third-order valence-corrected chi connectivity index (χ3v) is 3.96. The van der Waals surface area contributed by atoms with Crippen LogP contribution in [0.5, 0.6) is 0 Å². The van der Waals surface area contributed by atoms with E-state index in [9.17, 15) is 8.78 Å². The Kier molecular flexibility index (Phi) is 1.26. The maximum atomic E-state index is 13.4. The molecule has 0 aromatic rings. The number of halogens is 2. The van der Waals surface area contributed by atoms with Crippen LogP contribution in [0.4, 0.5) is 8.78 Å². The summed E-state index contributed by atoms with van der Waals surface area (Å²) in [7, 11) is 0. The average molecular weight is 202 g/mol. The number of fused-ring (bicyclic) bond motifs is 1. The molecule has 4 heteroatoms. The molecule has 0 amide bonds. The van der Waals surface area contributed by atoms with Gasteiger partial charge in [0.2, 0.25) is 0 Å². The molecule has 0 N–H and O–H groups in total. The molecular formula is C10H12F2O2. The molecule has 78 valence electrons. The highest BCUT2D eigenvalue weighted by Crippen LogP contribution is 2.73. The van der Waals surface area contributed by atoms with Crippen LogP contribution in [0, 0.1) is 11.3 Å². The van der Waals surface area contributed by atoms with Gasteiger partial charge in [-0.3, -0.25) is 0 Å². The van der Waals surface area contributed by atoms with Gasteiger partial charge >= 0.3 is 0 Å². The smallest absolute Gasteiger partial charge is 0.257 e. The van der Waals surface area contributed by atoms with Crippen LogP contribution < -0.4 is 0 Å². The summed E-state index contributed by atoms with van der Waals surface area (Å²) in [5.41, 5.74) is -0.905. The summed E-state index contributed by atoms with van der Waals surface area (Å²) in [6.45, 7) is 1.63. The third-order valence-electron chi connectivity index (χ3n) is 3.96. The predicted molar refractivity (Wildman–Crippen MR) is 44.4 cm³/mol. The lowest BCUT2D eigenvalue weighted by atomic mass is 9.85. The number of hydrogen-bond acceptors (Lipinski definition) is 2. The molecule has 2 nitrogen and oxygen atoms in total. The van der Waals surface area contributed by atoms with Crippen molar-refractivity contribution >= 4 is 0 Å². The molecule has 1 spiro atoms. The van der Waals surface area contributed by atoms with Crippen LogP contribution in [0.1, 0.15) is 26.2 Å². The molecule has 3 aliphatic rings. The van der Waals surface area contributed by atoms with E-state index in [2.05, 4.69) is 0 Å². The van der Waals surface area contributed by atoms with Crippen LogP contribution in [0.3, 0.4) is 0 Å². The van der Waals surface area contributed by atoms with Crippen molar-refractivity contribution in [3.05, 3.63) is 12.5 Å². The summed E-state index contributed by atoms with van der Waals surface area (Å²) in [4.78, 5) is 0. The quantitative estimate of drug-likeness (QED) is 0.601. The number of ether oxygens (including phenoxy) is 2. The Hall–Kier alpha value is -0.800. The van der Waals surface area contributed by atoms with Crippen molar-refractivity contribution in [2.24, 2.45) is 11.3 Å². The van der Waals surface area contributed by atoms with E-state index in [4.69, 9.17) is 9.47 Å². The van der Waals surface area contributed by atoms with Gasteiger partial charge in [-0.15, -0.1) is 0 Å². The average Bonchev–Trinajstić information content (AvgIpc) is 2.50. The van der Waals surface area contributed by atoms with E-state index in [1.54, 1.807) is 6.92 Å². The van der Waals surface area contributed by atoms with E-state index in [0.717, 1.165) is 0 Å². The summed E-state index contributed by atoms with van der Waals surface area (Å²) >= 11 is 0. The van der Waals surface area contributed by atoms with Gasteiger partial charge in [0.1, 0.15) is 12.5 Å². The summed E-state index contributed by atoms with van der Waals surface area (Å²) < 4.78 is 37.4. The van der Waals surface area contributed by atoms with Gasteiger partial charge in [-0.25, -0.2) is 8.78 Å². The van der Waals surface area contributed by atoms with Crippen molar-refractivity contribution in [3.8, 4) is 0 Å². The Bertz CT molecular complexity index is 305. The van der Waals surface area contributed by atoms with Gasteiger partial charge in [0.25, 0.3) is 11.7 Å². The molecule has 2 saturated carbocycles. The minimum absolute atomic E-state index is 0.296. The molecule has 2 atom stereocenters. The molecule has 2 unspecified atom stereocenters. The van der Waals surface area contributed by atoms with Crippen molar-refractivity contribution in [1.82, 2.24) is 0 Å². The highest BCUT2D eigenvalue weighted by atomic mass is 19.3. The van der Waals surface area contributed by atoms with Crippen LogP contribution in [0.2, 0.25) is 0 Å². The molecule has 2 aliphatic carbocycles. The Morgan fingerprint density at radius 1 is 1.29 bits per heavy atom. The molecule has 1 aliphatic heterocycles. The topological polar surface area (TPSA) is 18.5 Å². The molecule has 2 fully saturated rings. The van der Waals surface area contributed by atoms with E-state index in [1.807, 2.05) is 0 Å². The van der Waals surface area contributed by atoms with E-state index in [0.29, 0.717) is 19.3 Å². The first-order chi connectivity index (χ1) is 6.50. The maximum Gasteiger partial charge on any atom is 0.257 e. The van der Waals surface area contributed by atoms with Gasteiger partial charge in [-0.2, -0.15) is 0 Å². The van der Waals surface area contributed by atoms with Crippen molar-refractivity contribution in [3.63, 3.8) is 0 Å². The maximum absolute atomic E-state index is 13.4. The second kappa shape index (κ2) is 2.07. The van der Waals surface area contributed by atoms with Crippen LogP contribution >= 0.6 is 0 Å². The lowest BCUT2D eigenvalue weighted by molar-refractivity contribution is -0.176. The SMILES string of the molecule is CC12CC3(CCC1C2(F)F)OC=CO3. The van der Waals surface area contributed by atoms with E-state index >= 15 is 0 Å². The summed E-state index contributed by atoms with van der Waals surface area (Å²) in [6.07, 6.45) is 4.25. The first-order valence-corrected chi connectivity index (χ1v) is 4.89. The fourth-order valence-corrected chi connectivity index (χ4v) is 2.96. The van der Waals surface area contributed by atoms with Crippen molar-refractivity contribution in [2.75, 3.05) is 0 Å². The second-order valence-electron chi connectivity index (χ2n) is 4.73. The Balaban J connectivity index is 1.85. The fraction of sp³-hybridized carbons (Fsp3) is 0.800. The Labute approximate surface area is 80.9 Å². The van der Waals surface area contributed by atoms with Crippen LogP contribution in [0.25, 0.3) is 0 Å². The van der Waals surface area contributed by atoms with E-state index in [1.165, 1.54) is 12.5 Å². The number of hydrogen-bond donors (Lipinski definition) is 0. The van der Waals surface area contributed by atoms with Crippen LogP contribution in [-0.2, 0) is 9.47 Å². The number of alkyl halides is 2. The van der Waals surface area contributed by atoms with Gasteiger partial charge in [0.15, 0.2) is 0 Å².